The minimum atomic E-state index is -1.73. The van der Waals surface area contributed by atoms with Crippen LogP contribution >= 0.6 is 0 Å². The lowest BCUT2D eigenvalue weighted by Crippen LogP contribution is -2.53. The predicted molar refractivity (Wildman–Crippen MR) is 59.4 cm³/mol. The number of urea groups is 1. The maximum absolute atomic E-state index is 11.4. The van der Waals surface area contributed by atoms with Crippen LogP contribution in [0, 0.1) is 0 Å². The summed E-state index contributed by atoms with van der Waals surface area (Å²) in [6, 6.07) is 2.08. The standard InChI is InChI=1S/C10H13N3O5/c1-10(8(15)16,6-3-2-4-18-6)13-9(17)12-5-7(11)14/h2-4H,5H2,1H3,(H2,11,14)(H,15,16)(H2,12,13,17). The molecule has 0 fully saturated rings. The summed E-state index contributed by atoms with van der Waals surface area (Å²) in [6.07, 6.45) is 1.29. The first-order chi connectivity index (χ1) is 8.36. The van der Waals surface area contributed by atoms with Gasteiger partial charge in [0.05, 0.1) is 12.8 Å². The number of hydrogen-bond acceptors (Lipinski definition) is 4. The van der Waals surface area contributed by atoms with Crippen LogP contribution in [0.15, 0.2) is 22.8 Å². The number of carbonyl (C=O) groups is 3. The number of carboxylic acid groups (broad SMARTS) is 1. The molecule has 0 aliphatic rings. The van der Waals surface area contributed by atoms with Crippen molar-refractivity contribution in [2.24, 2.45) is 5.73 Å². The van der Waals surface area contributed by atoms with Crippen molar-refractivity contribution in [2.45, 2.75) is 12.5 Å². The molecule has 0 aromatic carbocycles. The molecular formula is C10H13N3O5. The number of rotatable bonds is 5. The summed E-state index contributed by atoms with van der Waals surface area (Å²) in [5.74, 6) is -1.98. The van der Waals surface area contributed by atoms with Crippen LogP contribution in [-0.2, 0) is 15.1 Å². The normalized spacial score (nSPS) is 13.4. The first-order valence-electron chi connectivity index (χ1n) is 4.98. The highest BCUT2D eigenvalue weighted by Gasteiger charge is 2.39. The van der Waals surface area contributed by atoms with E-state index < -0.39 is 23.4 Å². The van der Waals surface area contributed by atoms with E-state index in [9.17, 15) is 14.4 Å². The Balaban J connectivity index is 2.79. The van der Waals surface area contributed by atoms with Gasteiger partial charge in [-0.15, -0.1) is 0 Å². The number of furan rings is 1. The zero-order valence-electron chi connectivity index (χ0n) is 9.60. The van der Waals surface area contributed by atoms with E-state index in [-0.39, 0.29) is 12.3 Å². The van der Waals surface area contributed by atoms with Gasteiger partial charge in [0.1, 0.15) is 5.76 Å². The summed E-state index contributed by atoms with van der Waals surface area (Å²) >= 11 is 0. The summed E-state index contributed by atoms with van der Waals surface area (Å²) < 4.78 is 4.97. The summed E-state index contributed by atoms with van der Waals surface area (Å²) in [4.78, 5) is 33.1. The molecule has 18 heavy (non-hydrogen) atoms. The third-order valence-electron chi connectivity index (χ3n) is 2.23. The topological polar surface area (TPSA) is 135 Å². The van der Waals surface area contributed by atoms with E-state index in [1.807, 2.05) is 0 Å². The number of aliphatic carboxylic acids is 1. The zero-order chi connectivity index (χ0) is 13.8. The van der Waals surface area contributed by atoms with Crippen molar-refractivity contribution >= 4 is 17.9 Å². The fourth-order valence-corrected chi connectivity index (χ4v) is 1.22. The lowest BCUT2D eigenvalue weighted by molar-refractivity contribution is -0.144. The number of nitrogens with two attached hydrogens (primary N) is 1. The van der Waals surface area contributed by atoms with Gasteiger partial charge in [-0.3, -0.25) is 4.79 Å². The highest BCUT2D eigenvalue weighted by Crippen LogP contribution is 2.21. The van der Waals surface area contributed by atoms with Gasteiger partial charge in [-0.2, -0.15) is 0 Å². The fraction of sp³-hybridized carbons (Fsp3) is 0.300. The monoisotopic (exact) mass is 255 g/mol. The second kappa shape index (κ2) is 5.21. The van der Waals surface area contributed by atoms with Gasteiger partial charge >= 0.3 is 12.0 Å². The van der Waals surface area contributed by atoms with Gasteiger partial charge in [0.25, 0.3) is 0 Å². The van der Waals surface area contributed by atoms with Crippen molar-refractivity contribution in [1.82, 2.24) is 10.6 Å². The van der Waals surface area contributed by atoms with E-state index in [0.29, 0.717) is 0 Å². The Bertz CT molecular complexity index is 456. The van der Waals surface area contributed by atoms with Crippen LogP contribution < -0.4 is 16.4 Å². The maximum atomic E-state index is 11.4. The molecule has 0 spiro atoms. The molecule has 98 valence electrons. The van der Waals surface area contributed by atoms with E-state index in [2.05, 4.69) is 10.6 Å². The molecule has 1 unspecified atom stereocenters. The van der Waals surface area contributed by atoms with Gasteiger partial charge in [0.2, 0.25) is 5.91 Å². The summed E-state index contributed by atoms with van der Waals surface area (Å²) in [5.41, 5.74) is 3.11. The minimum Gasteiger partial charge on any atom is -0.479 e. The predicted octanol–water partition coefficient (Wildman–Crippen LogP) is -0.636. The van der Waals surface area contributed by atoms with E-state index in [0.717, 1.165) is 0 Å². The molecule has 1 aromatic heterocycles. The van der Waals surface area contributed by atoms with E-state index in [1.54, 1.807) is 0 Å². The van der Waals surface area contributed by atoms with Crippen molar-refractivity contribution in [2.75, 3.05) is 6.54 Å². The van der Waals surface area contributed by atoms with Crippen LogP contribution in [0.5, 0.6) is 0 Å². The smallest absolute Gasteiger partial charge is 0.337 e. The second-order valence-corrected chi connectivity index (χ2v) is 3.68. The number of primary amides is 1. The molecule has 3 amide bonds. The van der Waals surface area contributed by atoms with Crippen molar-refractivity contribution < 1.29 is 23.9 Å². The van der Waals surface area contributed by atoms with Crippen molar-refractivity contribution in [3.8, 4) is 0 Å². The first-order valence-corrected chi connectivity index (χ1v) is 4.98. The van der Waals surface area contributed by atoms with Crippen LogP contribution in [0.25, 0.3) is 0 Å². The summed E-state index contributed by atoms with van der Waals surface area (Å²) in [7, 11) is 0. The minimum absolute atomic E-state index is 0.0595. The number of nitrogens with one attached hydrogen (secondary N) is 2. The number of carboxylic acids is 1. The molecule has 1 atom stereocenters. The molecule has 0 aliphatic carbocycles. The third-order valence-corrected chi connectivity index (χ3v) is 2.23. The average molecular weight is 255 g/mol. The Hall–Kier alpha value is -2.51. The molecule has 8 nitrogen and oxygen atoms in total. The molecule has 0 aliphatic heterocycles. The van der Waals surface area contributed by atoms with E-state index >= 15 is 0 Å². The van der Waals surface area contributed by atoms with E-state index in [1.165, 1.54) is 25.3 Å². The van der Waals surface area contributed by atoms with Crippen LogP contribution in [0.1, 0.15) is 12.7 Å². The Morgan fingerprint density at radius 1 is 1.50 bits per heavy atom. The van der Waals surface area contributed by atoms with E-state index in [4.69, 9.17) is 15.3 Å². The SMILES string of the molecule is CC(NC(=O)NCC(N)=O)(C(=O)O)c1ccco1. The van der Waals surface area contributed by atoms with Gasteiger partial charge in [-0.1, -0.05) is 0 Å². The quantitative estimate of drug-likeness (QED) is 0.555. The maximum Gasteiger partial charge on any atom is 0.337 e. The molecule has 5 N–H and O–H groups in total. The summed E-state index contributed by atoms with van der Waals surface area (Å²) in [5, 5.41) is 13.5. The molecule has 0 bridgehead atoms. The average Bonchev–Trinajstić information content (AvgIpc) is 2.79. The van der Waals surface area contributed by atoms with Crippen molar-refractivity contribution in [3.63, 3.8) is 0 Å². The Morgan fingerprint density at radius 2 is 2.17 bits per heavy atom. The van der Waals surface area contributed by atoms with Crippen LogP contribution in [0.2, 0.25) is 0 Å². The van der Waals surface area contributed by atoms with Gasteiger partial charge in [-0.05, 0) is 19.1 Å². The molecule has 1 aromatic rings. The first kappa shape index (κ1) is 13.6. The molecule has 1 rings (SSSR count). The highest BCUT2D eigenvalue weighted by atomic mass is 16.4. The third kappa shape index (κ3) is 3.00. The van der Waals surface area contributed by atoms with Crippen LogP contribution in [-0.4, -0.2) is 29.6 Å². The highest BCUT2D eigenvalue weighted by molar-refractivity contribution is 5.88. The molecule has 8 heteroatoms. The number of hydrogen-bond donors (Lipinski definition) is 4. The van der Waals surface area contributed by atoms with Crippen molar-refractivity contribution in [3.05, 3.63) is 24.2 Å². The van der Waals surface area contributed by atoms with Gasteiger partial charge in [-0.25, -0.2) is 9.59 Å². The van der Waals surface area contributed by atoms with Gasteiger partial charge < -0.3 is 25.9 Å². The van der Waals surface area contributed by atoms with Gasteiger partial charge in [0.15, 0.2) is 5.54 Å². The molecule has 0 saturated carbocycles. The Kier molecular flexibility index (Phi) is 3.93. The largest absolute Gasteiger partial charge is 0.479 e. The van der Waals surface area contributed by atoms with Crippen LogP contribution in [0.4, 0.5) is 4.79 Å². The molecule has 1 heterocycles. The molecule has 0 radical (unpaired) electrons. The van der Waals surface area contributed by atoms with Crippen molar-refractivity contribution in [1.29, 1.82) is 0 Å². The summed E-state index contributed by atoms with van der Waals surface area (Å²) in [6.45, 7) is 0.873. The lowest BCUT2D eigenvalue weighted by Gasteiger charge is -2.23. The zero-order valence-corrected chi connectivity index (χ0v) is 9.60. The molecular weight excluding hydrogens is 242 g/mol. The van der Waals surface area contributed by atoms with Gasteiger partial charge in [0, 0.05) is 0 Å². The molecule has 0 saturated heterocycles. The Labute approximate surface area is 102 Å². The fourth-order valence-electron chi connectivity index (χ4n) is 1.22. The second-order valence-electron chi connectivity index (χ2n) is 3.68. The number of carbonyl (C=O) groups excluding carboxylic acids is 2. The Morgan fingerprint density at radius 3 is 2.61 bits per heavy atom. The van der Waals surface area contributed by atoms with Crippen LogP contribution in [0.3, 0.4) is 0 Å². The lowest BCUT2D eigenvalue weighted by atomic mass is 9.99. The number of amides is 3.